The number of β-amino-alcohol motifs (C(OH)–C–C–N with tert-alkyl or cyclic N) is 1. The van der Waals surface area contributed by atoms with Crippen LogP contribution in [0.5, 0.6) is 0 Å². The Morgan fingerprint density at radius 3 is 3.19 bits per heavy atom. The molecular formula is C18H21N5O3S. The van der Waals surface area contributed by atoms with E-state index >= 15 is 0 Å². The molecule has 0 aromatic carbocycles. The predicted molar refractivity (Wildman–Crippen MR) is 100 cm³/mol. The number of carbonyl (C=O) groups is 1. The van der Waals surface area contributed by atoms with Gasteiger partial charge in [0, 0.05) is 31.2 Å². The van der Waals surface area contributed by atoms with Crippen molar-refractivity contribution in [3.05, 3.63) is 40.7 Å². The van der Waals surface area contributed by atoms with Gasteiger partial charge in [0.2, 0.25) is 11.4 Å². The van der Waals surface area contributed by atoms with E-state index in [-0.39, 0.29) is 18.2 Å². The lowest BCUT2D eigenvalue weighted by Gasteiger charge is -2.40. The molecule has 0 spiro atoms. The molecule has 1 amide bonds. The maximum Gasteiger partial charge on any atom is 0.293 e. The van der Waals surface area contributed by atoms with E-state index in [1.807, 2.05) is 17.3 Å². The molecule has 4 rings (SSSR count). The molecule has 142 valence electrons. The van der Waals surface area contributed by atoms with Gasteiger partial charge < -0.3 is 14.5 Å². The minimum Gasteiger partial charge on any atom is -0.387 e. The molecule has 1 aliphatic rings. The smallest absolute Gasteiger partial charge is 0.293 e. The van der Waals surface area contributed by atoms with E-state index in [0.717, 1.165) is 12.1 Å². The molecule has 1 atom stereocenters. The van der Waals surface area contributed by atoms with Crippen molar-refractivity contribution >= 4 is 28.3 Å². The molecule has 1 aliphatic heterocycles. The first-order chi connectivity index (χ1) is 13.0. The number of fused-ring (bicyclic) bond motifs is 1. The molecule has 1 unspecified atom stereocenters. The highest BCUT2D eigenvalue weighted by molar-refractivity contribution is 7.07. The first kappa shape index (κ1) is 18.0. The molecule has 1 N–H and O–H groups in total. The topological polar surface area (TPSA) is 95.6 Å². The van der Waals surface area contributed by atoms with Crippen LogP contribution in [0.1, 0.15) is 29.1 Å². The van der Waals surface area contributed by atoms with Crippen LogP contribution in [0, 0.1) is 0 Å². The average Bonchev–Trinajstić information content (AvgIpc) is 3.30. The molecule has 0 saturated carbocycles. The molecule has 27 heavy (non-hydrogen) atoms. The molecule has 3 aromatic heterocycles. The maximum atomic E-state index is 12.9. The highest BCUT2D eigenvalue weighted by atomic mass is 32.1. The number of aromatic nitrogens is 3. The van der Waals surface area contributed by atoms with Crippen molar-refractivity contribution < 1.29 is 14.4 Å². The highest BCUT2D eigenvalue weighted by Gasteiger charge is 2.37. The fraction of sp³-hybridized carbons (Fsp3) is 0.444. The van der Waals surface area contributed by atoms with Crippen molar-refractivity contribution in [2.24, 2.45) is 0 Å². The van der Waals surface area contributed by atoms with E-state index in [4.69, 9.17) is 4.52 Å². The molecule has 8 nitrogen and oxygen atoms in total. The zero-order valence-corrected chi connectivity index (χ0v) is 15.9. The average molecular weight is 387 g/mol. The molecule has 0 aliphatic carbocycles. The second-order valence-electron chi connectivity index (χ2n) is 7.09. The van der Waals surface area contributed by atoms with Crippen LogP contribution in [-0.2, 0) is 6.54 Å². The number of rotatable bonds is 5. The van der Waals surface area contributed by atoms with Gasteiger partial charge in [0.15, 0.2) is 0 Å². The Bertz CT molecular complexity index is 928. The summed E-state index contributed by atoms with van der Waals surface area (Å²) in [7, 11) is 1.95. The Morgan fingerprint density at radius 2 is 2.37 bits per heavy atom. The van der Waals surface area contributed by atoms with Crippen LogP contribution in [0.2, 0.25) is 0 Å². The Morgan fingerprint density at radius 1 is 1.48 bits per heavy atom. The largest absolute Gasteiger partial charge is 0.387 e. The number of thiazole rings is 1. The molecule has 3 aromatic rings. The van der Waals surface area contributed by atoms with Crippen molar-refractivity contribution in [3.63, 3.8) is 0 Å². The monoisotopic (exact) mass is 387 g/mol. The van der Waals surface area contributed by atoms with Gasteiger partial charge in [-0.15, -0.1) is 11.3 Å². The van der Waals surface area contributed by atoms with Gasteiger partial charge in [0.1, 0.15) is 0 Å². The second kappa shape index (κ2) is 7.34. The summed E-state index contributed by atoms with van der Waals surface area (Å²) in [6.07, 6.45) is 2.99. The van der Waals surface area contributed by atoms with Crippen LogP contribution in [0.4, 0.5) is 0 Å². The molecular weight excluding hydrogens is 366 g/mol. The summed E-state index contributed by atoms with van der Waals surface area (Å²) >= 11 is 1.56. The Balaban J connectivity index is 1.46. The first-order valence-corrected chi connectivity index (χ1v) is 9.76. The van der Waals surface area contributed by atoms with Crippen molar-refractivity contribution in [1.29, 1.82) is 0 Å². The Hall–Kier alpha value is -2.36. The number of likely N-dealkylation sites (tertiary alicyclic amines) is 1. The van der Waals surface area contributed by atoms with Crippen LogP contribution in [0.25, 0.3) is 11.0 Å². The van der Waals surface area contributed by atoms with Gasteiger partial charge in [-0.2, -0.15) is 0 Å². The summed E-state index contributed by atoms with van der Waals surface area (Å²) in [5.74, 6) is -0.0797. The fourth-order valence-electron chi connectivity index (χ4n) is 3.65. The zero-order valence-electron chi connectivity index (χ0n) is 15.0. The molecule has 0 radical (unpaired) electrons. The van der Waals surface area contributed by atoms with E-state index in [1.54, 1.807) is 40.1 Å². The number of pyridine rings is 1. The lowest BCUT2D eigenvalue weighted by Crippen LogP contribution is -2.55. The van der Waals surface area contributed by atoms with E-state index in [9.17, 15) is 9.90 Å². The summed E-state index contributed by atoms with van der Waals surface area (Å²) < 4.78 is 5.25. The number of aliphatic hydroxyl groups is 1. The number of carbonyl (C=O) groups excluding carboxylic acids is 1. The quantitative estimate of drug-likeness (QED) is 0.713. The summed E-state index contributed by atoms with van der Waals surface area (Å²) in [4.78, 5) is 25.0. The number of nitrogens with zero attached hydrogens (tertiary/aromatic N) is 5. The summed E-state index contributed by atoms with van der Waals surface area (Å²) in [5.41, 5.74) is 2.23. The van der Waals surface area contributed by atoms with E-state index in [0.29, 0.717) is 37.1 Å². The lowest BCUT2D eigenvalue weighted by atomic mass is 9.92. The third kappa shape index (κ3) is 3.85. The fourth-order valence-corrected chi connectivity index (χ4v) is 4.20. The molecule has 0 bridgehead atoms. The van der Waals surface area contributed by atoms with Crippen LogP contribution >= 0.6 is 11.3 Å². The SMILES string of the molecule is CN(Cc1cscn1)CC1(O)CCCN(C(=O)c2onc3ncccc23)C1. The minimum atomic E-state index is -0.966. The normalized spacial score (nSPS) is 20.5. The third-order valence-corrected chi connectivity index (χ3v) is 5.41. The maximum absolute atomic E-state index is 12.9. The van der Waals surface area contributed by atoms with Crippen molar-refractivity contribution in [1.82, 2.24) is 24.9 Å². The molecule has 9 heteroatoms. The van der Waals surface area contributed by atoms with Gasteiger partial charge in [0.05, 0.1) is 28.7 Å². The Kier molecular flexibility index (Phi) is 4.90. The number of piperidine rings is 1. The standard InChI is InChI=1S/C18H21N5O3S/c1-22(8-13-9-27-12-20-13)10-18(25)5-3-7-23(11-18)17(24)15-14-4-2-6-19-16(14)21-26-15/h2,4,6,9,12,25H,3,5,7-8,10-11H2,1H3. The summed E-state index contributed by atoms with van der Waals surface area (Å²) in [6, 6.07) is 3.51. The number of likely N-dealkylation sites (N-methyl/N-ethyl adjacent to an activating group) is 1. The van der Waals surface area contributed by atoms with E-state index in [1.165, 1.54) is 0 Å². The molecule has 1 saturated heterocycles. The number of hydrogen-bond acceptors (Lipinski definition) is 8. The van der Waals surface area contributed by atoms with Crippen LogP contribution in [-0.4, -0.2) is 68.2 Å². The molecule has 4 heterocycles. The minimum absolute atomic E-state index is 0.179. The first-order valence-electron chi connectivity index (χ1n) is 8.82. The van der Waals surface area contributed by atoms with Gasteiger partial charge in [-0.25, -0.2) is 9.97 Å². The Labute approximate surface area is 160 Å². The van der Waals surface area contributed by atoms with Crippen LogP contribution in [0.3, 0.4) is 0 Å². The van der Waals surface area contributed by atoms with Gasteiger partial charge >= 0.3 is 0 Å². The van der Waals surface area contributed by atoms with Crippen molar-refractivity contribution in [2.45, 2.75) is 25.0 Å². The number of amides is 1. The van der Waals surface area contributed by atoms with Crippen molar-refractivity contribution in [2.75, 3.05) is 26.7 Å². The zero-order chi connectivity index (χ0) is 18.9. The van der Waals surface area contributed by atoms with E-state index in [2.05, 4.69) is 15.1 Å². The van der Waals surface area contributed by atoms with Gasteiger partial charge in [-0.1, -0.05) is 5.16 Å². The van der Waals surface area contributed by atoms with Crippen LogP contribution in [0.15, 0.2) is 33.7 Å². The van der Waals surface area contributed by atoms with Gasteiger partial charge in [-0.3, -0.25) is 9.69 Å². The van der Waals surface area contributed by atoms with E-state index < -0.39 is 5.60 Å². The summed E-state index contributed by atoms with van der Waals surface area (Å²) in [6.45, 7) is 1.97. The third-order valence-electron chi connectivity index (χ3n) is 4.77. The second-order valence-corrected chi connectivity index (χ2v) is 7.81. The highest BCUT2D eigenvalue weighted by Crippen LogP contribution is 2.26. The van der Waals surface area contributed by atoms with Gasteiger partial charge in [-0.05, 0) is 32.0 Å². The van der Waals surface area contributed by atoms with Gasteiger partial charge in [0.25, 0.3) is 5.91 Å². The molecule has 1 fully saturated rings. The number of hydrogen-bond donors (Lipinski definition) is 1. The van der Waals surface area contributed by atoms with Crippen molar-refractivity contribution in [3.8, 4) is 0 Å². The van der Waals surface area contributed by atoms with Crippen LogP contribution < -0.4 is 0 Å². The summed E-state index contributed by atoms with van der Waals surface area (Å²) in [5, 5.41) is 17.5. The lowest BCUT2D eigenvalue weighted by molar-refractivity contribution is -0.0446. The predicted octanol–water partition coefficient (Wildman–Crippen LogP) is 1.78.